The Hall–Kier alpha value is -7.12. The van der Waals surface area contributed by atoms with E-state index in [-0.39, 0.29) is 0 Å². The van der Waals surface area contributed by atoms with Crippen LogP contribution in [0, 0.1) is 0 Å². The third-order valence-electron chi connectivity index (χ3n) is 10.4. The minimum Gasteiger partial charge on any atom is -0.308 e. The van der Waals surface area contributed by atoms with Crippen molar-refractivity contribution in [2.75, 3.05) is 0 Å². The summed E-state index contributed by atoms with van der Waals surface area (Å²) in [7, 11) is 0. The van der Waals surface area contributed by atoms with Gasteiger partial charge in [-0.15, -0.1) is 0 Å². The Labute approximate surface area is 313 Å². The zero-order valence-electron chi connectivity index (χ0n) is 29.2. The molecule has 0 N–H and O–H groups in total. The molecule has 0 amide bonds. The number of alkyl halides is 3. The van der Waals surface area contributed by atoms with Gasteiger partial charge < -0.3 is 4.57 Å². The Morgan fingerprint density at radius 1 is 0.382 bits per heavy atom. The summed E-state index contributed by atoms with van der Waals surface area (Å²) >= 11 is 0. The Bertz CT molecular complexity index is 3080. The minimum absolute atomic E-state index is 0.473. The van der Waals surface area contributed by atoms with E-state index in [1.54, 1.807) is 24.8 Å². The van der Waals surface area contributed by atoms with Crippen molar-refractivity contribution < 1.29 is 13.2 Å². The smallest absolute Gasteiger partial charge is 0.308 e. The molecule has 0 bridgehead atoms. The molecule has 10 aromatic rings. The van der Waals surface area contributed by atoms with Gasteiger partial charge in [0.2, 0.25) is 0 Å². The molecule has 0 radical (unpaired) electrons. The fourth-order valence-corrected chi connectivity index (χ4v) is 7.97. The van der Waals surface area contributed by atoms with E-state index < -0.39 is 11.7 Å². The Kier molecular flexibility index (Phi) is 7.56. The highest BCUT2D eigenvalue weighted by Gasteiger charge is 2.31. The maximum Gasteiger partial charge on any atom is 0.416 e. The van der Waals surface area contributed by atoms with Crippen molar-refractivity contribution in [3.8, 4) is 50.2 Å². The summed E-state index contributed by atoms with van der Waals surface area (Å²) in [6, 6.07) is 46.1. The predicted molar refractivity (Wildman–Crippen MR) is 216 cm³/mol. The van der Waals surface area contributed by atoms with Crippen molar-refractivity contribution in [2.45, 2.75) is 6.18 Å². The van der Waals surface area contributed by atoms with E-state index in [0.29, 0.717) is 22.0 Å². The molecule has 0 aliphatic rings. The molecule has 0 spiro atoms. The molecule has 0 fully saturated rings. The number of hydrogen-bond acceptors (Lipinski definition) is 3. The number of rotatable bonds is 5. The van der Waals surface area contributed by atoms with Crippen LogP contribution in [-0.2, 0) is 6.18 Å². The van der Waals surface area contributed by atoms with Gasteiger partial charge in [-0.1, -0.05) is 97.1 Å². The fraction of sp³-hybridized carbons (Fsp3) is 0.0208. The highest BCUT2D eigenvalue weighted by Crippen LogP contribution is 2.45. The molecule has 10 rings (SSSR count). The SMILES string of the molecule is FC(F)(F)c1ccc2c(c1)c1cnccc1n2-c1cncc(-c2cncc(-c3ccc4c(-c5ccccc5)c5ccccc5c(-c5ccccc5)c4c3)c2)c1. The second kappa shape index (κ2) is 12.8. The van der Waals surface area contributed by atoms with Crippen LogP contribution < -0.4 is 0 Å². The van der Waals surface area contributed by atoms with Gasteiger partial charge in [-0.3, -0.25) is 15.0 Å². The van der Waals surface area contributed by atoms with Crippen molar-refractivity contribution in [3.05, 3.63) is 182 Å². The molecule has 4 nitrogen and oxygen atoms in total. The van der Waals surface area contributed by atoms with Crippen LogP contribution in [0.15, 0.2) is 177 Å². The summed E-state index contributed by atoms with van der Waals surface area (Å²) in [6.07, 6.45) is 5.99. The summed E-state index contributed by atoms with van der Waals surface area (Å²) < 4.78 is 43.1. The molecule has 0 saturated carbocycles. The molecule has 0 saturated heterocycles. The van der Waals surface area contributed by atoms with E-state index in [1.807, 2.05) is 41.2 Å². The van der Waals surface area contributed by atoms with Gasteiger partial charge >= 0.3 is 6.18 Å². The maximum atomic E-state index is 13.7. The van der Waals surface area contributed by atoms with Crippen molar-refractivity contribution in [2.24, 2.45) is 0 Å². The van der Waals surface area contributed by atoms with Crippen LogP contribution in [0.3, 0.4) is 0 Å². The van der Waals surface area contributed by atoms with Crippen LogP contribution in [0.1, 0.15) is 5.56 Å². The van der Waals surface area contributed by atoms with Crippen LogP contribution >= 0.6 is 0 Å². The Balaban J connectivity index is 1.13. The van der Waals surface area contributed by atoms with Crippen molar-refractivity contribution in [1.29, 1.82) is 0 Å². The average molecular weight is 719 g/mol. The maximum absolute atomic E-state index is 13.7. The monoisotopic (exact) mass is 718 g/mol. The first-order chi connectivity index (χ1) is 26.9. The van der Waals surface area contributed by atoms with Gasteiger partial charge in [0.05, 0.1) is 28.5 Å². The first-order valence-corrected chi connectivity index (χ1v) is 17.9. The van der Waals surface area contributed by atoms with Gasteiger partial charge in [0.15, 0.2) is 0 Å². The number of halogens is 3. The summed E-state index contributed by atoms with van der Waals surface area (Å²) in [5.74, 6) is 0. The summed E-state index contributed by atoms with van der Waals surface area (Å²) in [5, 5.41) is 5.79. The van der Waals surface area contributed by atoms with E-state index in [4.69, 9.17) is 0 Å². The van der Waals surface area contributed by atoms with E-state index in [9.17, 15) is 13.2 Å². The van der Waals surface area contributed by atoms with Gasteiger partial charge in [-0.2, -0.15) is 13.2 Å². The van der Waals surface area contributed by atoms with Gasteiger partial charge in [0, 0.05) is 58.4 Å². The summed E-state index contributed by atoms with van der Waals surface area (Å²) in [4.78, 5) is 13.5. The second-order valence-corrected chi connectivity index (χ2v) is 13.6. The van der Waals surface area contributed by atoms with Gasteiger partial charge in [-0.25, -0.2) is 0 Å². The quantitative estimate of drug-likeness (QED) is 0.166. The lowest BCUT2D eigenvalue weighted by Gasteiger charge is -2.18. The molecule has 0 aliphatic carbocycles. The number of aromatic nitrogens is 4. The van der Waals surface area contributed by atoms with Gasteiger partial charge in [0.1, 0.15) is 0 Å². The predicted octanol–water partition coefficient (Wildman–Crippen LogP) is 13.0. The zero-order chi connectivity index (χ0) is 37.1. The van der Waals surface area contributed by atoms with Gasteiger partial charge in [-0.05, 0) is 91.8 Å². The topological polar surface area (TPSA) is 43.6 Å². The largest absolute Gasteiger partial charge is 0.416 e. The number of fused-ring (bicyclic) bond motifs is 5. The first-order valence-electron chi connectivity index (χ1n) is 17.9. The highest BCUT2D eigenvalue weighted by molar-refractivity contribution is 6.22. The van der Waals surface area contributed by atoms with Crippen LogP contribution in [-0.4, -0.2) is 19.5 Å². The summed E-state index contributed by atoms with van der Waals surface area (Å²) in [5.41, 5.74) is 9.72. The fourth-order valence-electron chi connectivity index (χ4n) is 7.97. The summed E-state index contributed by atoms with van der Waals surface area (Å²) in [6.45, 7) is 0. The molecule has 4 aromatic heterocycles. The highest BCUT2D eigenvalue weighted by atomic mass is 19.4. The molecule has 6 aromatic carbocycles. The number of hydrogen-bond donors (Lipinski definition) is 0. The lowest BCUT2D eigenvalue weighted by molar-refractivity contribution is -0.137. The average Bonchev–Trinajstić information content (AvgIpc) is 3.57. The number of nitrogens with zero attached hydrogens (tertiary/aromatic N) is 4. The van der Waals surface area contributed by atoms with Crippen LogP contribution in [0.2, 0.25) is 0 Å². The van der Waals surface area contributed by atoms with Crippen LogP contribution in [0.4, 0.5) is 13.2 Å². The second-order valence-electron chi connectivity index (χ2n) is 13.6. The molecular weight excluding hydrogens is 690 g/mol. The first kappa shape index (κ1) is 32.5. The molecule has 0 atom stereocenters. The van der Waals surface area contributed by atoms with Crippen molar-refractivity contribution in [3.63, 3.8) is 0 Å². The molecule has 0 unspecified atom stereocenters. The molecular formula is C48H29F3N4. The van der Waals surface area contributed by atoms with E-state index in [2.05, 4.69) is 112 Å². The molecule has 55 heavy (non-hydrogen) atoms. The van der Waals surface area contributed by atoms with Crippen molar-refractivity contribution >= 4 is 43.4 Å². The van der Waals surface area contributed by atoms with E-state index in [0.717, 1.165) is 55.7 Å². The lowest BCUT2D eigenvalue weighted by Crippen LogP contribution is -2.04. The normalized spacial score (nSPS) is 11.9. The molecule has 7 heteroatoms. The molecule has 262 valence electrons. The van der Waals surface area contributed by atoms with Crippen LogP contribution in [0.5, 0.6) is 0 Å². The zero-order valence-corrected chi connectivity index (χ0v) is 29.2. The minimum atomic E-state index is -4.46. The van der Waals surface area contributed by atoms with E-state index >= 15 is 0 Å². The van der Waals surface area contributed by atoms with Crippen LogP contribution in [0.25, 0.3) is 93.5 Å². The molecule has 4 heterocycles. The number of pyridine rings is 3. The lowest BCUT2D eigenvalue weighted by atomic mass is 9.85. The Morgan fingerprint density at radius 3 is 1.65 bits per heavy atom. The van der Waals surface area contributed by atoms with Crippen molar-refractivity contribution in [1.82, 2.24) is 19.5 Å². The third kappa shape index (κ3) is 5.51. The Morgan fingerprint density at radius 2 is 0.964 bits per heavy atom. The third-order valence-corrected chi connectivity index (χ3v) is 10.4. The van der Waals surface area contributed by atoms with E-state index in [1.165, 1.54) is 34.0 Å². The number of benzene rings is 6. The standard InChI is InChI=1S/C48H29F3N4/c49-48(50,51)36-16-18-44-41(24-36)43-29-52-20-19-45(43)55(44)37-22-35(27-54-28-37)34-21-33(25-53-26-34)32-15-17-40-42(23-32)47(31-11-5-2-6-12-31)39-14-8-7-13-38(39)46(40)30-9-3-1-4-10-30/h1-29H. The molecule has 0 aliphatic heterocycles. The van der Waals surface area contributed by atoms with Gasteiger partial charge in [0.25, 0.3) is 0 Å².